The lowest BCUT2D eigenvalue weighted by atomic mass is 9.87. The van der Waals surface area contributed by atoms with E-state index in [0.717, 1.165) is 11.3 Å². The fourth-order valence-electron chi connectivity index (χ4n) is 1.78. The molecule has 3 heteroatoms. The number of hydrogen-bond donors (Lipinski definition) is 0. The van der Waals surface area contributed by atoms with E-state index in [-0.39, 0.29) is 11.9 Å². The summed E-state index contributed by atoms with van der Waals surface area (Å²) in [7, 11) is 1.39. The molecule has 0 bridgehead atoms. The lowest BCUT2D eigenvalue weighted by Gasteiger charge is -2.11. The van der Waals surface area contributed by atoms with Gasteiger partial charge in [-0.15, -0.1) is 0 Å². The Morgan fingerprint density at radius 3 is 2.37 bits per heavy atom. The van der Waals surface area contributed by atoms with Crippen LogP contribution in [0.2, 0.25) is 0 Å². The number of ether oxygens (including phenoxy) is 2. The number of hydrogen-bond acceptors (Lipinski definition) is 3. The van der Waals surface area contributed by atoms with E-state index in [9.17, 15) is 4.79 Å². The zero-order valence-corrected chi connectivity index (χ0v) is 11.0. The van der Waals surface area contributed by atoms with E-state index in [2.05, 4.69) is 0 Å². The lowest BCUT2D eigenvalue weighted by Crippen LogP contribution is -2.10. The second-order valence-corrected chi connectivity index (χ2v) is 4.23. The Labute approximate surface area is 112 Å². The van der Waals surface area contributed by atoms with Crippen LogP contribution in [0.25, 0.3) is 0 Å². The van der Waals surface area contributed by atoms with E-state index in [4.69, 9.17) is 9.47 Å². The Morgan fingerprint density at radius 2 is 1.68 bits per heavy atom. The number of rotatable bonds is 4. The number of carbonyl (C=O) groups excluding carboxylic acids is 1. The zero-order valence-electron chi connectivity index (χ0n) is 11.0. The molecule has 0 aromatic heterocycles. The third-order valence-corrected chi connectivity index (χ3v) is 2.89. The molecule has 0 N–H and O–H groups in total. The van der Waals surface area contributed by atoms with Crippen LogP contribution in [0.3, 0.4) is 0 Å². The molecular formula is C16H16O3. The van der Waals surface area contributed by atoms with Crippen molar-refractivity contribution in [3.05, 3.63) is 60.2 Å². The maximum Gasteiger partial charge on any atom is 0.312 e. The van der Waals surface area contributed by atoms with Crippen molar-refractivity contribution in [3.8, 4) is 11.5 Å². The van der Waals surface area contributed by atoms with E-state index in [1.54, 1.807) is 0 Å². The second-order valence-electron chi connectivity index (χ2n) is 4.23. The van der Waals surface area contributed by atoms with Crippen LogP contribution in [0.1, 0.15) is 18.4 Å². The third kappa shape index (κ3) is 3.35. The van der Waals surface area contributed by atoms with Crippen LogP contribution in [0.5, 0.6) is 11.5 Å². The maximum atomic E-state index is 11.5. The van der Waals surface area contributed by atoms with Crippen LogP contribution < -0.4 is 4.74 Å². The third-order valence-electron chi connectivity index (χ3n) is 2.89. The predicted molar refractivity (Wildman–Crippen MR) is 73.4 cm³/mol. The molecule has 0 aliphatic heterocycles. The van der Waals surface area contributed by atoms with Gasteiger partial charge < -0.3 is 9.47 Å². The van der Waals surface area contributed by atoms with Gasteiger partial charge in [0.15, 0.2) is 0 Å². The molecule has 2 aromatic carbocycles. The second kappa shape index (κ2) is 6.05. The molecule has 19 heavy (non-hydrogen) atoms. The number of esters is 1. The van der Waals surface area contributed by atoms with Crippen molar-refractivity contribution in [2.75, 3.05) is 7.11 Å². The average Bonchev–Trinajstić information content (AvgIpc) is 2.47. The molecule has 98 valence electrons. The Morgan fingerprint density at radius 1 is 1.00 bits per heavy atom. The SMILES string of the molecule is COC(=O)C([11CH3])c1cccc(Oc2ccccc2)c1. The summed E-state index contributed by atoms with van der Waals surface area (Å²) in [6, 6.07) is 17.0. The summed E-state index contributed by atoms with van der Waals surface area (Å²) in [6.45, 7) is 1.81. The average molecular weight is 255 g/mol. The van der Waals surface area contributed by atoms with Crippen molar-refractivity contribution in [1.82, 2.24) is 0 Å². The summed E-state index contributed by atoms with van der Waals surface area (Å²) in [6.07, 6.45) is 0. The van der Waals surface area contributed by atoms with Gasteiger partial charge in [-0.25, -0.2) is 0 Å². The van der Waals surface area contributed by atoms with E-state index in [1.807, 2.05) is 61.5 Å². The van der Waals surface area contributed by atoms with Crippen molar-refractivity contribution in [2.45, 2.75) is 12.8 Å². The molecule has 1 atom stereocenters. The standard InChI is InChI=1S/C16H16O3/c1-12(16(17)18-2)13-7-6-10-15(11-13)19-14-8-4-3-5-9-14/h3-12H,1-2H3/i1-1. The minimum atomic E-state index is -0.302. The minimum absolute atomic E-state index is 0.253. The van der Waals surface area contributed by atoms with E-state index < -0.39 is 0 Å². The Hall–Kier alpha value is -2.29. The molecule has 0 saturated heterocycles. The highest BCUT2D eigenvalue weighted by Gasteiger charge is 2.15. The number of methoxy groups -OCH3 is 1. The summed E-state index contributed by atoms with van der Waals surface area (Å²) in [5.74, 6) is 0.922. The molecule has 2 rings (SSSR count). The molecular weight excluding hydrogens is 239 g/mol. The molecule has 0 heterocycles. The fraction of sp³-hybridized carbons (Fsp3) is 0.188. The number of para-hydroxylation sites is 1. The fourth-order valence-corrected chi connectivity index (χ4v) is 1.78. The first-order valence-corrected chi connectivity index (χ1v) is 6.11. The number of benzene rings is 2. The maximum absolute atomic E-state index is 11.5. The van der Waals surface area contributed by atoms with Gasteiger partial charge in [-0.1, -0.05) is 30.3 Å². The van der Waals surface area contributed by atoms with Crippen molar-refractivity contribution in [3.63, 3.8) is 0 Å². The van der Waals surface area contributed by atoms with Crippen LogP contribution in [0.4, 0.5) is 0 Å². The highest BCUT2D eigenvalue weighted by Crippen LogP contribution is 2.25. The summed E-state index contributed by atoms with van der Waals surface area (Å²) < 4.78 is 10.5. The van der Waals surface area contributed by atoms with Crippen LogP contribution in [0, 0.1) is 0 Å². The van der Waals surface area contributed by atoms with Gasteiger partial charge >= 0.3 is 5.97 Å². The Kier molecular flexibility index (Phi) is 4.18. The van der Waals surface area contributed by atoms with Crippen molar-refractivity contribution in [1.29, 1.82) is 0 Å². The van der Waals surface area contributed by atoms with Gasteiger partial charge in [0.2, 0.25) is 0 Å². The quantitative estimate of drug-likeness (QED) is 0.780. The highest BCUT2D eigenvalue weighted by molar-refractivity contribution is 5.77. The molecule has 0 saturated carbocycles. The van der Waals surface area contributed by atoms with E-state index >= 15 is 0 Å². The molecule has 0 spiro atoms. The first-order valence-electron chi connectivity index (χ1n) is 6.11. The molecule has 0 fully saturated rings. The van der Waals surface area contributed by atoms with Crippen LogP contribution >= 0.6 is 0 Å². The zero-order chi connectivity index (χ0) is 13.7. The van der Waals surface area contributed by atoms with Gasteiger partial charge in [-0.2, -0.15) is 0 Å². The highest BCUT2D eigenvalue weighted by atomic mass is 16.5. The molecule has 3 nitrogen and oxygen atoms in total. The molecule has 2 aromatic rings. The van der Waals surface area contributed by atoms with Crippen molar-refractivity contribution < 1.29 is 14.3 Å². The van der Waals surface area contributed by atoms with Crippen LogP contribution in [-0.2, 0) is 9.53 Å². The molecule has 0 aliphatic carbocycles. The summed E-state index contributed by atoms with van der Waals surface area (Å²) in [4.78, 5) is 11.5. The predicted octanol–water partition coefficient (Wildman–Crippen LogP) is 3.76. The monoisotopic (exact) mass is 255 g/mol. The smallest absolute Gasteiger partial charge is 0.312 e. The molecule has 1 unspecified atom stereocenters. The largest absolute Gasteiger partial charge is 0.469 e. The molecule has 0 aliphatic rings. The summed E-state index contributed by atoms with van der Waals surface area (Å²) in [5.41, 5.74) is 0.875. The van der Waals surface area contributed by atoms with Crippen molar-refractivity contribution >= 4 is 5.97 Å². The van der Waals surface area contributed by atoms with Gasteiger partial charge in [0.05, 0.1) is 13.0 Å². The summed E-state index contributed by atoms with van der Waals surface area (Å²) >= 11 is 0. The van der Waals surface area contributed by atoms with E-state index in [1.165, 1.54) is 7.11 Å². The van der Waals surface area contributed by atoms with Gasteiger partial charge in [0, 0.05) is 0 Å². The van der Waals surface area contributed by atoms with Crippen LogP contribution in [0.15, 0.2) is 54.6 Å². The van der Waals surface area contributed by atoms with Crippen molar-refractivity contribution in [2.24, 2.45) is 0 Å². The first kappa shape index (κ1) is 13.1. The Balaban J connectivity index is 2.18. The van der Waals surface area contributed by atoms with Crippen LogP contribution in [-0.4, -0.2) is 13.1 Å². The number of carbonyl (C=O) groups is 1. The van der Waals surface area contributed by atoms with E-state index in [0.29, 0.717) is 5.75 Å². The first-order chi connectivity index (χ1) is 9.20. The van der Waals surface area contributed by atoms with Gasteiger partial charge in [0.25, 0.3) is 0 Å². The summed E-state index contributed by atoms with van der Waals surface area (Å²) in [5, 5.41) is 0. The van der Waals surface area contributed by atoms with Gasteiger partial charge in [-0.05, 0) is 36.8 Å². The minimum Gasteiger partial charge on any atom is -0.469 e. The van der Waals surface area contributed by atoms with Gasteiger partial charge in [-0.3, -0.25) is 4.79 Å². The van der Waals surface area contributed by atoms with Gasteiger partial charge in [0.1, 0.15) is 11.5 Å². The topological polar surface area (TPSA) is 35.5 Å². The lowest BCUT2D eigenvalue weighted by molar-refractivity contribution is -0.141. The Bertz CT molecular complexity index is 549. The molecule has 0 amide bonds. The molecule has 0 radical (unpaired) electrons. The normalized spacial score (nSPS) is 11.7.